The Hall–Kier alpha value is -3.50. The molecule has 1 atom stereocenters. The summed E-state index contributed by atoms with van der Waals surface area (Å²) in [6.45, 7) is 0.871. The molecule has 0 saturated carbocycles. The maximum atomic E-state index is 13.4. The predicted molar refractivity (Wildman–Crippen MR) is 128 cm³/mol. The number of benzene rings is 2. The highest BCUT2D eigenvalue weighted by Gasteiger charge is 2.39. The van der Waals surface area contributed by atoms with Crippen molar-refractivity contribution in [3.05, 3.63) is 88.6 Å². The van der Waals surface area contributed by atoms with Crippen molar-refractivity contribution in [2.75, 3.05) is 26.2 Å². The van der Waals surface area contributed by atoms with Gasteiger partial charge in [-0.15, -0.1) is 11.3 Å². The molecular weight excluding hydrogens is 474 g/mol. The third kappa shape index (κ3) is 5.02. The summed E-state index contributed by atoms with van der Waals surface area (Å²) in [7, 11) is -4.22. The van der Waals surface area contributed by atoms with Crippen LogP contribution in [0.5, 0.6) is 0 Å². The number of piperazine rings is 1. The Morgan fingerprint density at radius 3 is 1.97 bits per heavy atom. The minimum atomic E-state index is -4.22. The van der Waals surface area contributed by atoms with E-state index in [4.69, 9.17) is 0 Å². The molecule has 1 aliphatic rings. The SMILES string of the molecule is O=C(N[C@H](C(=O)N1CCN(C(=O)c2cccs2)CC1)S(=O)(=O)c1ccccc1)c1ccccc1. The van der Waals surface area contributed by atoms with Crippen molar-refractivity contribution in [2.24, 2.45) is 0 Å². The molecule has 2 heterocycles. The molecule has 1 saturated heterocycles. The van der Waals surface area contributed by atoms with E-state index in [-0.39, 0.29) is 42.5 Å². The molecule has 0 spiro atoms. The van der Waals surface area contributed by atoms with Crippen LogP contribution in [0.3, 0.4) is 0 Å². The van der Waals surface area contributed by atoms with Gasteiger partial charge < -0.3 is 15.1 Å². The van der Waals surface area contributed by atoms with Gasteiger partial charge in [0.05, 0.1) is 9.77 Å². The van der Waals surface area contributed by atoms with Crippen molar-refractivity contribution in [1.29, 1.82) is 0 Å². The van der Waals surface area contributed by atoms with E-state index in [2.05, 4.69) is 5.32 Å². The first kappa shape index (κ1) is 23.7. The van der Waals surface area contributed by atoms with Crippen LogP contribution in [-0.4, -0.2) is 67.5 Å². The molecule has 0 bridgehead atoms. The summed E-state index contributed by atoms with van der Waals surface area (Å²) in [5, 5.41) is 2.46. The average Bonchev–Trinajstić information content (AvgIpc) is 3.42. The van der Waals surface area contributed by atoms with E-state index in [0.717, 1.165) is 0 Å². The Labute approximate surface area is 201 Å². The number of amides is 3. The molecule has 34 heavy (non-hydrogen) atoms. The number of carbonyl (C=O) groups excluding carboxylic acids is 3. The maximum absolute atomic E-state index is 13.4. The lowest BCUT2D eigenvalue weighted by atomic mass is 10.2. The summed E-state index contributed by atoms with van der Waals surface area (Å²) in [5.74, 6) is -1.51. The largest absolute Gasteiger partial charge is 0.336 e. The number of rotatable bonds is 6. The Bertz CT molecular complexity index is 1250. The lowest BCUT2D eigenvalue weighted by Crippen LogP contribution is -2.57. The van der Waals surface area contributed by atoms with Crippen LogP contribution in [0.2, 0.25) is 0 Å². The fraction of sp³-hybridized carbons (Fsp3) is 0.208. The zero-order chi connectivity index (χ0) is 24.1. The summed E-state index contributed by atoms with van der Waals surface area (Å²) in [5.41, 5.74) is 0.245. The Kier molecular flexibility index (Phi) is 7.09. The van der Waals surface area contributed by atoms with Crippen LogP contribution >= 0.6 is 11.3 Å². The normalized spacial score (nSPS) is 14.9. The van der Waals surface area contributed by atoms with Crippen LogP contribution in [0, 0.1) is 0 Å². The minimum Gasteiger partial charge on any atom is -0.336 e. The molecule has 10 heteroatoms. The van der Waals surface area contributed by atoms with Gasteiger partial charge in [0.2, 0.25) is 15.2 Å². The van der Waals surface area contributed by atoms with Crippen LogP contribution in [0.1, 0.15) is 20.0 Å². The molecule has 8 nitrogen and oxygen atoms in total. The highest BCUT2D eigenvalue weighted by Crippen LogP contribution is 2.19. The van der Waals surface area contributed by atoms with Crippen LogP contribution in [-0.2, 0) is 14.6 Å². The molecule has 3 aromatic rings. The molecule has 0 unspecified atom stereocenters. The first-order valence-corrected chi connectivity index (χ1v) is 13.1. The third-order valence-electron chi connectivity index (χ3n) is 5.52. The monoisotopic (exact) mass is 497 g/mol. The van der Waals surface area contributed by atoms with E-state index in [9.17, 15) is 22.8 Å². The van der Waals surface area contributed by atoms with Crippen LogP contribution in [0.4, 0.5) is 0 Å². The van der Waals surface area contributed by atoms with Crippen molar-refractivity contribution in [2.45, 2.75) is 10.3 Å². The molecule has 1 fully saturated rings. The molecule has 4 rings (SSSR count). The van der Waals surface area contributed by atoms with Gasteiger partial charge in [0.1, 0.15) is 0 Å². The van der Waals surface area contributed by atoms with Crippen LogP contribution in [0.15, 0.2) is 83.1 Å². The average molecular weight is 498 g/mol. The molecular formula is C24H23N3O5S2. The molecule has 0 radical (unpaired) electrons. The topological polar surface area (TPSA) is 104 Å². The zero-order valence-corrected chi connectivity index (χ0v) is 19.8. The van der Waals surface area contributed by atoms with Gasteiger partial charge in [0.25, 0.3) is 17.7 Å². The smallest absolute Gasteiger partial charge is 0.264 e. The van der Waals surface area contributed by atoms with Gasteiger partial charge in [0, 0.05) is 31.7 Å². The second-order valence-electron chi connectivity index (χ2n) is 7.67. The lowest BCUT2D eigenvalue weighted by molar-refractivity contribution is -0.132. The van der Waals surface area contributed by atoms with Crippen molar-refractivity contribution in [3.8, 4) is 0 Å². The number of thiophene rings is 1. The number of hydrogen-bond acceptors (Lipinski definition) is 6. The van der Waals surface area contributed by atoms with Gasteiger partial charge in [-0.25, -0.2) is 8.42 Å². The Morgan fingerprint density at radius 2 is 1.38 bits per heavy atom. The first-order chi connectivity index (χ1) is 16.4. The number of carbonyl (C=O) groups is 3. The minimum absolute atomic E-state index is 0.0618. The summed E-state index contributed by atoms with van der Waals surface area (Å²) in [6, 6.07) is 19.2. The summed E-state index contributed by atoms with van der Waals surface area (Å²) < 4.78 is 26.8. The van der Waals surface area contributed by atoms with Crippen molar-refractivity contribution >= 4 is 38.9 Å². The van der Waals surface area contributed by atoms with E-state index in [0.29, 0.717) is 4.88 Å². The second kappa shape index (κ2) is 10.2. The van der Waals surface area contributed by atoms with E-state index in [1.807, 2.05) is 5.38 Å². The van der Waals surface area contributed by atoms with Crippen molar-refractivity contribution < 1.29 is 22.8 Å². The van der Waals surface area contributed by atoms with Crippen molar-refractivity contribution in [3.63, 3.8) is 0 Å². The summed E-state index contributed by atoms with van der Waals surface area (Å²) in [4.78, 5) is 42.4. The fourth-order valence-electron chi connectivity index (χ4n) is 3.66. The van der Waals surface area contributed by atoms with Crippen LogP contribution < -0.4 is 5.32 Å². The Morgan fingerprint density at radius 1 is 0.794 bits per heavy atom. The molecule has 0 aliphatic carbocycles. The van der Waals surface area contributed by atoms with Gasteiger partial charge in [-0.2, -0.15) is 0 Å². The Balaban J connectivity index is 1.54. The van der Waals surface area contributed by atoms with Gasteiger partial charge in [-0.1, -0.05) is 42.5 Å². The van der Waals surface area contributed by atoms with Crippen LogP contribution in [0.25, 0.3) is 0 Å². The molecule has 1 aromatic heterocycles. The van der Waals surface area contributed by atoms with Gasteiger partial charge >= 0.3 is 0 Å². The predicted octanol–water partition coefficient (Wildman–Crippen LogP) is 2.26. The van der Waals surface area contributed by atoms with E-state index < -0.39 is 27.0 Å². The number of nitrogens with zero attached hydrogens (tertiary/aromatic N) is 2. The third-order valence-corrected chi connectivity index (χ3v) is 8.24. The summed E-state index contributed by atoms with van der Waals surface area (Å²) in [6.07, 6.45) is 0. The van der Waals surface area contributed by atoms with Crippen molar-refractivity contribution in [1.82, 2.24) is 15.1 Å². The van der Waals surface area contributed by atoms with Gasteiger partial charge in [-0.3, -0.25) is 14.4 Å². The number of nitrogens with one attached hydrogen (secondary N) is 1. The molecule has 1 N–H and O–H groups in total. The lowest BCUT2D eigenvalue weighted by Gasteiger charge is -2.36. The molecule has 176 valence electrons. The zero-order valence-electron chi connectivity index (χ0n) is 18.2. The number of sulfone groups is 1. The van der Waals surface area contributed by atoms with Gasteiger partial charge in [0.15, 0.2) is 0 Å². The standard InChI is InChI=1S/C24H23N3O5S2/c28-21(18-8-3-1-4-9-18)25-22(34(31,32)19-10-5-2-6-11-19)24(30)27-15-13-26(14-16-27)23(29)20-12-7-17-33-20/h1-12,17,22H,13-16H2,(H,25,28)/t22-/m0/s1. The van der Waals surface area contributed by atoms with E-state index >= 15 is 0 Å². The highest BCUT2D eigenvalue weighted by atomic mass is 32.2. The van der Waals surface area contributed by atoms with E-state index in [1.165, 1.54) is 28.4 Å². The second-order valence-corrected chi connectivity index (χ2v) is 10.7. The summed E-state index contributed by atoms with van der Waals surface area (Å²) >= 11 is 1.34. The number of hydrogen-bond donors (Lipinski definition) is 1. The highest BCUT2D eigenvalue weighted by molar-refractivity contribution is 7.92. The molecule has 1 aliphatic heterocycles. The van der Waals surface area contributed by atoms with E-state index in [1.54, 1.807) is 65.6 Å². The van der Waals surface area contributed by atoms with Gasteiger partial charge in [-0.05, 0) is 35.7 Å². The molecule has 3 amide bonds. The maximum Gasteiger partial charge on any atom is 0.264 e. The quantitative estimate of drug-likeness (QED) is 0.563. The fourth-order valence-corrected chi connectivity index (χ4v) is 5.84. The first-order valence-electron chi connectivity index (χ1n) is 10.6. The molecule has 2 aromatic carbocycles.